The van der Waals surface area contributed by atoms with Crippen LogP contribution in [0.4, 0.5) is 5.82 Å². The summed E-state index contributed by atoms with van der Waals surface area (Å²) in [5.41, 5.74) is 4.85. The Morgan fingerprint density at radius 2 is 2.03 bits per heavy atom. The van der Waals surface area contributed by atoms with Crippen molar-refractivity contribution in [2.24, 2.45) is 7.05 Å². The molecule has 0 bridgehead atoms. The van der Waals surface area contributed by atoms with Gasteiger partial charge >= 0.3 is 5.97 Å². The molecule has 4 rings (SSSR count). The number of hydrogen-bond donors (Lipinski definition) is 2. The fourth-order valence-corrected chi connectivity index (χ4v) is 4.96. The van der Waals surface area contributed by atoms with Crippen molar-refractivity contribution in [1.82, 2.24) is 14.8 Å². The lowest BCUT2D eigenvalue weighted by atomic mass is 9.81. The number of nitrogens with one attached hydrogen (secondary N) is 1. The van der Waals surface area contributed by atoms with Gasteiger partial charge in [-0.1, -0.05) is 45.0 Å². The number of aliphatic carboxylic acids is 1. The Morgan fingerprint density at radius 1 is 1.22 bits per heavy atom. The zero-order valence-electron chi connectivity index (χ0n) is 22.5. The fraction of sp³-hybridized carbons (Fsp3) is 0.483. The van der Waals surface area contributed by atoms with E-state index in [1.165, 1.54) is 5.56 Å². The largest absolute Gasteiger partial charge is 0.496 e. The smallest absolute Gasteiger partial charge is 0.303 e. The maximum Gasteiger partial charge on any atom is 0.303 e. The molecule has 3 aromatic rings. The number of anilines is 1. The first kappa shape index (κ1) is 26.5. The van der Waals surface area contributed by atoms with Gasteiger partial charge in [-0.25, -0.2) is 9.67 Å². The third-order valence-electron chi connectivity index (χ3n) is 6.82. The van der Waals surface area contributed by atoms with Crippen LogP contribution in [0, 0.1) is 0 Å². The van der Waals surface area contributed by atoms with Crippen LogP contribution in [0.5, 0.6) is 11.6 Å². The van der Waals surface area contributed by atoms with E-state index in [0.29, 0.717) is 25.3 Å². The second-order valence-corrected chi connectivity index (χ2v) is 10.7. The van der Waals surface area contributed by atoms with Gasteiger partial charge in [0.1, 0.15) is 11.6 Å². The van der Waals surface area contributed by atoms with Gasteiger partial charge in [-0.15, -0.1) is 0 Å². The Balaban J connectivity index is 1.47. The minimum Gasteiger partial charge on any atom is -0.496 e. The highest BCUT2D eigenvalue weighted by Gasteiger charge is 2.27. The van der Waals surface area contributed by atoms with E-state index >= 15 is 0 Å². The molecule has 0 saturated heterocycles. The monoisotopic (exact) mass is 506 g/mol. The Labute approximate surface area is 219 Å². The summed E-state index contributed by atoms with van der Waals surface area (Å²) in [6, 6.07) is 12.1. The summed E-state index contributed by atoms with van der Waals surface area (Å²) in [6.45, 7) is 7.82. The summed E-state index contributed by atoms with van der Waals surface area (Å²) < 4.78 is 13.6. The molecule has 1 atom stereocenters. The number of hydrogen-bond acceptors (Lipinski definition) is 6. The molecule has 2 N–H and O–H groups in total. The van der Waals surface area contributed by atoms with E-state index in [2.05, 4.69) is 43.3 Å². The highest BCUT2D eigenvalue weighted by molar-refractivity contribution is 5.68. The minimum atomic E-state index is -0.854. The SMILES string of the molecule is COc1c(C(CC(=O)O)Cc2cc(OCCc3ccc4c(n3)NCCC4)n(C)n2)cccc1C(C)(C)C. The lowest BCUT2D eigenvalue weighted by molar-refractivity contribution is -0.137. The highest BCUT2D eigenvalue weighted by Crippen LogP contribution is 2.39. The molecule has 0 fully saturated rings. The van der Waals surface area contributed by atoms with Crippen molar-refractivity contribution in [3.63, 3.8) is 0 Å². The predicted molar refractivity (Wildman–Crippen MR) is 144 cm³/mol. The molecule has 3 heterocycles. The molecule has 1 aromatic carbocycles. The Bertz CT molecular complexity index is 1250. The molecule has 1 unspecified atom stereocenters. The van der Waals surface area contributed by atoms with E-state index in [1.807, 2.05) is 31.3 Å². The predicted octanol–water partition coefficient (Wildman–Crippen LogP) is 4.90. The fourth-order valence-electron chi connectivity index (χ4n) is 4.96. The van der Waals surface area contributed by atoms with Crippen LogP contribution in [0.3, 0.4) is 0 Å². The van der Waals surface area contributed by atoms with Crippen molar-refractivity contribution in [3.05, 3.63) is 64.5 Å². The van der Waals surface area contributed by atoms with Crippen molar-refractivity contribution < 1.29 is 19.4 Å². The Kier molecular flexibility index (Phi) is 8.05. The van der Waals surface area contributed by atoms with Crippen molar-refractivity contribution in [2.75, 3.05) is 25.6 Å². The van der Waals surface area contributed by atoms with E-state index in [9.17, 15) is 9.90 Å². The summed E-state index contributed by atoms with van der Waals surface area (Å²) in [6.07, 6.45) is 3.34. The van der Waals surface area contributed by atoms with Crippen LogP contribution in [0.25, 0.3) is 0 Å². The summed E-state index contributed by atoms with van der Waals surface area (Å²) >= 11 is 0. The number of nitrogens with zero attached hydrogens (tertiary/aromatic N) is 3. The minimum absolute atomic E-state index is 0.0191. The van der Waals surface area contributed by atoms with E-state index in [-0.39, 0.29) is 17.8 Å². The van der Waals surface area contributed by atoms with Gasteiger partial charge < -0.3 is 19.9 Å². The second-order valence-electron chi connectivity index (χ2n) is 10.7. The summed E-state index contributed by atoms with van der Waals surface area (Å²) in [5.74, 6) is 1.25. The van der Waals surface area contributed by atoms with Gasteiger partial charge in [-0.3, -0.25) is 4.79 Å². The molecule has 2 aromatic heterocycles. The average Bonchev–Trinajstić information content (AvgIpc) is 3.20. The molecular formula is C29H38N4O4. The molecule has 8 nitrogen and oxygen atoms in total. The average molecular weight is 507 g/mol. The van der Waals surface area contributed by atoms with Crippen LogP contribution in [0.15, 0.2) is 36.4 Å². The van der Waals surface area contributed by atoms with E-state index < -0.39 is 5.97 Å². The number of aromatic nitrogens is 3. The molecule has 0 aliphatic carbocycles. The van der Waals surface area contributed by atoms with Gasteiger partial charge in [0.2, 0.25) is 5.88 Å². The van der Waals surface area contributed by atoms with Crippen molar-refractivity contribution in [3.8, 4) is 11.6 Å². The summed E-state index contributed by atoms with van der Waals surface area (Å²) in [5, 5.41) is 17.7. The third kappa shape index (κ3) is 6.42. The van der Waals surface area contributed by atoms with Crippen molar-refractivity contribution >= 4 is 11.8 Å². The number of ether oxygens (including phenoxy) is 2. The van der Waals surface area contributed by atoms with Crippen LogP contribution >= 0.6 is 0 Å². The standard InChI is InChI=1S/C29H38N4O4/c1-29(2,3)24-10-6-9-23(27(24)36-5)20(17-26(34)35)16-22-18-25(33(4)32-22)37-15-13-21-12-11-19-8-7-14-30-28(19)31-21/h6,9-12,18,20H,7-8,13-17H2,1-5H3,(H,30,31)(H,34,35). The summed E-state index contributed by atoms with van der Waals surface area (Å²) in [4.78, 5) is 16.5. The van der Waals surface area contributed by atoms with Crippen LogP contribution in [0.1, 0.15) is 67.6 Å². The summed E-state index contributed by atoms with van der Waals surface area (Å²) in [7, 11) is 3.49. The maximum absolute atomic E-state index is 11.8. The molecule has 0 radical (unpaired) electrons. The van der Waals surface area contributed by atoms with Gasteiger partial charge in [0, 0.05) is 37.7 Å². The number of methoxy groups -OCH3 is 1. The molecule has 1 aliphatic heterocycles. The Morgan fingerprint density at radius 3 is 2.76 bits per heavy atom. The number of carboxylic acid groups (broad SMARTS) is 1. The normalized spacial score (nSPS) is 14.0. The van der Waals surface area contributed by atoms with Crippen molar-refractivity contribution in [1.29, 1.82) is 0 Å². The zero-order chi connectivity index (χ0) is 26.6. The van der Waals surface area contributed by atoms with Gasteiger partial charge in [-0.2, -0.15) is 5.10 Å². The number of rotatable bonds is 10. The molecular weight excluding hydrogens is 468 g/mol. The lowest BCUT2D eigenvalue weighted by Gasteiger charge is -2.26. The number of pyridine rings is 1. The first-order chi connectivity index (χ1) is 17.7. The molecule has 198 valence electrons. The molecule has 37 heavy (non-hydrogen) atoms. The van der Waals surface area contributed by atoms with E-state index in [0.717, 1.165) is 53.5 Å². The number of carboxylic acids is 1. The third-order valence-corrected chi connectivity index (χ3v) is 6.82. The van der Waals surface area contributed by atoms with Crippen molar-refractivity contribution in [2.45, 2.75) is 64.2 Å². The first-order valence-electron chi connectivity index (χ1n) is 12.9. The number of fused-ring (bicyclic) bond motifs is 1. The number of benzene rings is 1. The van der Waals surface area contributed by atoms with Gasteiger partial charge in [-0.05, 0) is 47.4 Å². The first-order valence-corrected chi connectivity index (χ1v) is 12.9. The van der Waals surface area contributed by atoms with Crippen LogP contribution in [0.2, 0.25) is 0 Å². The maximum atomic E-state index is 11.8. The lowest BCUT2D eigenvalue weighted by Crippen LogP contribution is -2.16. The molecule has 0 amide bonds. The van der Waals surface area contributed by atoms with Crippen LogP contribution < -0.4 is 14.8 Å². The highest BCUT2D eigenvalue weighted by atomic mass is 16.5. The molecule has 0 spiro atoms. The quantitative estimate of drug-likeness (QED) is 0.403. The van der Waals surface area contributed by atoms with E-state index in [1.54, 1.807) is 11.8 Å². The van der Waals surface area contributed by atoms with Crippen LogP contribution in [-0.2, 0) is 36.5 Å². The Hall–Kier alpha value is -3.55. The zero-order valence-corrected chi connectivity index (χ0v) is 22.5. The number of aryl methyl sites for hydroxylation is 2. The number of para-hydroxylation sites is 1. The second kappa shape index (κ2) is 11.2. The van der Waals surface area contributed by atoms with Gasteiger partial charge in [0.05, 0.1) is 25.8 Å². The molecule has 8 heteroatoms. The van der Waals surface area contributed by atoms with Crippen LogP contribution in [-0.4, -0.2) is 46.1 Å². The van der Waals surface area contributed by atoms with Gasteiger partial charge in [0.25, 0.3) is 0 Å². The number of carbonyl (C=O) groups is 1. The van der Waals surface area contributed by atoms with Gasteiger partial charge in [0.15, 0.2) is 0 Å². The molecule has 0 saturated carbocycles. The topological polar surface area (TPSA) is 98.5 Å². The van der Waals surface area contributed by atoms with E-state index in [4.69, 9.17) is 14.5 Å². The molecule has 1 aliphatic rings.